The molecule has 0 bridgehead atoms. The summed E-state index contributed by atoms with van der Waals surface area (Å²) in [7, 11) is 0. The van der Waals surface area contributed by atoms with E-state index in [-0.39, 0.29) is 23.1 Å². The molecule has 0 unspecified atom stereocenters. The molecule has 0 saturated carbocycles. The molecule has 0 atom stereocenters. The average molecular weight is 411 g/mol. The third-order valence-corrected chi connectivity index (χ3v) is 5.06. The van der Waals surface area contributed by atoms with Crippen molar-refractivity contribution in [1.82, 2.24) is 19.6 Å². The highest BCUT2D eigenvalue weighted by Crippen LogP contribution is 2.02. The molecule has 1 rings (SSSR count). The second-order valence-corrected chi connectivity index (χ2v) is 8.10. The summed E-state index contributed by atoms with van der Waals surface area (Å²) < 4.78 is 0. The minimum absolute atomic E-state index is 0.109. The molecule has 0 aromatic rings. The number of Topliss-reactive ketones (excluding diaryl/α,β-unsaturated/α-hetero) is 4. The highest BCUT2D eigenvalue weighted by atomic mass is 16.1. The van der Waals surface area contributed by atoms with Gasteiger partial charge >= 0.3 is 0 Å². The zero-order valence-corrected chi connectivity index (χ0v) is 18.6. The van der Waals surface area contributed by atoms with E-state index in [2.05, 4.69) is 19.6 Å². The normalized spacial score (nSPS) is 19.3. The maximum Gasteiger partial charge on any atom is 0.146 e. The Labute approximate surface area is 175 Å². The van der Waals surface area contributed by atoms with Crippen LogP contribution in [0.3, 0.4) is 0 Å². The van der Waals surface area contributed by atoms with Gasteiger partial charge in [-0.05, 0) is 20.8 Å². The summed E-state index contributed by atoms with van der Waals surface area (Å²) in [5, 5.41) is 0. The lowest BCUT2D eigenvalue weighted by atomic mass is 10.2. The second kappa shape index (κ2) is 13.7. The summed E-state index contributed by atoms with van der Waals surface area (Å²) in [5.74, 6) is 0.525. The van der Waals surface area contributed by atoms with Crippen molar-refractivity contribution in [2.75, 3.05) is 78.5 Å². The number of rotatable bonds is 9. The van der Waals surface area contributed by atoms with Crippen molar-refractivity contribution in [1.29, 1.82) is 0 Å². The van der Waals surface area contributed by atoms with Gasteiger partial charge in [0.2, 0.25) is 0 Å². The van der Waals surface area contributed by atoms with E-state index >= 15 is 0 Å². The largest absolute Gasteiger partial charge is 0.299 e. The molecular formula is C21H38N4O4. The summed E-state index contributed by atoms with van der Waals surface area (Å²) >= 11 is 0. The molecule has 8 heteroatoms. The average Bonchev–Trinajstić information content (AvgIpc) is 2.62. The van der Waals surface area contributed by atoms with Crippen LogP contribution in [0.5, 0.6) is 0 Å². The number of nitrogens with zero attached hydrogens (tertiary/aromatic N) is 4. The molecule has 0 aromatic heterocycles. The molecule has 1 aliphatic heterocycles. The van der Waals surface area contributed by atoms with Gasteiger partial charge in [0.1, 0.15) is 23.1 Å². The van der Waals surface area contributed by atoms with Crippen LogP contribution in [0, 0.1) is 0 Å². The van der Waals surface area contributed by atoms with Gasteiger partial charge in [-0.3, -0.25) is 38.8 Å². The second-order valence-electron chi connectivity index (χ2n) is 8.10. The topological polar surface area (TPSA) is 81.2 Å². The Kier molecular flexibility index (Phi) is 12.1. The SMILES string of the molecule is CCC(=O)CN1CCN(CC(C)=O)CCN(CC(C)=O)CCN(CC(C)=O)CC1. The van der Waals surface area contributed by atoms with E-state index in [9.17, 15) is 19.2 Å². The summed E-state index contributed by atoms with van der Waals surface area (Å²) in [4.78, 5) is 55.5. The molecule has 1 heterocycles. The molecule has 0 N–H and O–H groups in total. The first kappa shape index (κ1) is 25.6. The fourth-order valence-corrected chi connectivity index (χ4v) is 3.52. The summed E-state index contributed by atoms with van der Waals surface area (Å²) in [6.45, 7) is 13.7. The monoisotopic (exact) mass is 410 g/mol. The van der Waals surface area contributed by atoms with Gasteiger partial charge in [0.05, 0.1) is 26.2 Å². The van der Waals surface area contributed by atoms with Gasteiger partial charge in [-0.2, -0.15) is 0 Å². The van der Waals surface area contributed by atoms with Gasteiger partial charge < -0.3 is 0 Å². The summed E-state index contributed by atoms with van der Waals surface area (Å²) in [6, 6.07) is 0. The minimum Gasteiger partial charge on any atom is -0.299 e. The Balaban J connectivity index is 2.92. The van der Waals surface area contributed by atoms with Crippen LogP contribution in [0.15, 0.2) is 0 Å². The Morgan fingerprint density at radius 1 is 0.517 bits per heavy atom. The van der Waals surface area contributed by atoms with E-state index in [0.717, 1.165) is 0 Å². The van der Waals surface area contributed by atoms with Crippen molar-refractivity contribution in [2.24, 2.45) is 0 Å². The maximum absolute atomic E-state index is 12.0. The van der Waals surface area contributed by atoms with Crippen LogP contribution in [0.1, 0.15) is 34.1 Å². The molecule has 0 aromatic carbocycles. The predicted molar refractivity (Wildman–Crippen MR) is 113 cm³/mol. The lowest BCUT2D eigenvalue weighted by Gasteiger charge is -2.33. The first-order chi connectivity index (χ1) is 13.7. The van der Waals surface area contributed by atoms with Crippen LogP contribution in [0.2, 0.25) is 0 Å². The minimum atomic E-state index is 0.109. The maximum atomic E-state index is 12.0. The Morgan fingerprint density at radius 3 is 0.966 bits per heavy atom. The number of carbonyl (C=O) groups excluding carboxylic acids is 4. The quantitative estimate of drug-likeness (QED) is 0.524. The third-order valence-electron chi connectivity index (χ3n) is 5.06. The molecule has 1 aliphatic rings. The smallest absolute Gasteiger partial charge is 0.146 e. The van der Waals surface area contributed by atoms with Crippen LogP contribution in [0.4, 0.5) is 0 Å². The third kappa shape index (κ3) is 12.0. The number of hydrogen-bond acceptors (Lipinski definition) is 8. The van der Waals surface area contributed by atoms with Crippen molar-refractivity contribution in [2.45, 2.75) is 34.1 Å². The Bertz CT molecular complexity index is 535. The molecule has 1 saturated heterocycles. The van der Waals surface area contributed by atoms with E-state index in [1.54, 1.807) is 20.8 Å². The molecular weight excluding hydrogens is 372 g/mol. The standard InChI is InChI=1S/C21H38N4O4/c1-5-21(29)17-25-12-10-23(15-19(3)27)8-6-22(14-18(2)26)7-9-24(11-13-25)16-20(4)28/h5-17H2,1-4H3. The van der Waals surface area contributed by atoms with Crippen molar-refractivity contribution >= 4 is 23.1 Å². The first-order valence-electron chi connectivity index (χ1n) is 10.6. The zero-order valence-electron chi connectivity index (χ0n) is 18.6. The van der Waals surface area contributed by atoms with E-state index in [1.165, 1.54) is 0 Å². The van der Waals surface area contributed by atoms with Gasteiger partial charge in [0, 0.05) is 58.8 Å². The zero-order chi connectivity index (χ0) is 21.8. The predicted octanol–water partition coefficient (Wildman–Crippen LogP) is -0.0459. The molecule has 29 heavy (non-hydrogen) atoms. The van der Waals surface area contributed by atoms with Gasteiger partial charge in [0.25, 0.3) is 0 Å². The number of ketones is 4. The van der Waals surface area contributed by atoms with Gasteiger partial charge in [-0.15, -0.1) is 0 Å². The number of hydrogen-bond donors (Lipinski definition) is 0. The summed E-state index contributed by atoms with van der Waals surface area (Å²) in [5.41, 5.74) is 0. The molecule has 8 nitrogen and oxygen atoms in total. The van der Waals surface area contributed by atoms with Crippen LogP contribution >= 0.6 is 0 Å². The van der Waals surface area contributed by atoms with E-state index in [4.69, 9.17) is 0 Å². The molecule has 0 amide bonds. The lowest BCUT2D eigenvalue weighted by Crippen LogP contribution is -2.48. The van der Waals surface area contributed by atoms with Crippen molar-refractivity contribution < 1.29 is 19.2 Å². The fraction of sp³-hybridized carbons (Fsp3) is 0.810. The highest BCUT2D eigenvalue weighted by Gasteiger charge is 2.19. The first-order valence-corrected chi connectivity index (χ1v) is 10.6. The van der Waals surface area contributed by atoms with Crippen LogP contribution in [-0.2, 0) is 19.2 Å². The van der Waals surface area contributed by atoms with Gasteiger partial charge in [-0.1, -0.05) is 6.92 Å². The van der Waals surface area contributed by atoms with E-state index in [1.807, 2.05) is 6.92 Å². The van der Waals surface area contributed by atoms with Crippen molar-refractivity contribution in [3.05, 3.63) is 0 Å². The molecule has 0 spiro atoms. The van der Waals surface area contributed by atoms with E-state index in [0.29, 0.717) is 85.0 Å². The lowest BCUT2D eigenvalue weighted by molar-refractivity contribution is -0.121. The summed E-state index contributed by atoms with van der Waals surface area (Å²) in [6.07, 6.45) is 0.505. The Hall–Kier alpha value is -1.48. The van der Waals surface area contributed by atoms with Crippen molar-refractivity contribution in [3.8, 4) is 0 Å². The van der Waals surface area contributed by atoms with Crippen LogP contribution in [0.25, 0.3) is 0 Å². The molecule has 0 radical (unpaired) electrons. The fourth-order valence-electron chi connectivity index (χ4n) is 3.52. The molecule has 0 aliphatic carbocycles. The van der Waals surface area contributed by atoms with Gasteiger partial charge in [0.15, 0.2) is 0 Å². The van der Waals surface area contributed by atoms with Crippen LogP contribution in [-0.4, -0.2) is 121 Å². The van der Waals surface area contributed by atoms with E-state index < -0.39 is 0 Å². The van der Waals surface area contributed by atoms with Gasteiger partial charge in [-0.25, -0.2) is 0 Å². The number of carbonyl (C=O) groups is 4. The van der Waals surface area contributed by atoms with Crippen LogP contribution < -0.4 is 0 Å². The molecule has 1 fully saturated rings. The Morgan fingerprint density at radius 2 is 0.759 bits per heavy atom. The highest BCUT2D eigenvalue weighted by molar-refractivity contribution is 5.80. The molecule has 166 valence electrons. The van der Waals surface area contributed by atoms with Crippen molar-refractivity contribution in [3.63, 3.8) is 0 Å².